The molecule has 1 heterocycles. The first-order valence-corrected chi connectivity index (χ1v) is 6.86. The summed E-state index contributed by atoms with van der Waals surface area (Å²) in [6.07, 6.45) is 4.28. The molecule has 0 saturated heterocycles. The molecule has 0 bridgehead atoms. The van der Waals surface area contributed by atoms with Gasteiger partial charge >= 0.3 is 0 Å². The van der Waals surface area contributed by atoms with Gasteiger partial charge in [0.1, 0.15) is 6.10 Å². The van der Waals surface area contributed by atoms with Gasteiger partial charge in [0.2, 0.25) is 11.7 Å². The molecule has 2 atom stereocenters. The van der Waals surface area contributed by atoms with Gasteiger partial charge in [-0.05, 0) is 46.1 Å². The van der Waals surface area contributed by atoms with Crippen LogP contribution in [0, 0.1) is 5.92 Å². The molecule has 0 aromatic carbocycles. The lowest BCUT2D eigenvalue weighted by Gasteiger charge is -2.11. The molecule has 18 heavy (non-hydrogen) atoms. The standard InChI is InChI=1S/C13H23N3O2/c1-4-17-12(10-6-7-10)13-15-11(18-16-13)8-5-9(2)14-3/h9-10,12,14H,4-8H2,1-3H3. The monoisotopic (exact) mass is 253 g/mol. The van der Waals surface area contributed by atoms with Gasteiger partial charge in [0, 0.05) is 19.1 Å². The Kier molecular flexibility index (Phi) is 4.72. The van der Waals surface area contributed by atoms with E-state index in [0.29, 0.717) is 18.6 Å². The van der Waals surface area contributed by atoms with E-state index in [1.54, 1.807) is 0 Å². The molecule has 1 fully saturated rings. The van der Waals surface area contributed by atoms with Crippen LogP contribution in [0.15, 0.2) is 4.52 Å². The highest BCUT2D eigenvalue weighted by atomic mass is 16.5. The molecule has 1 aliphatic carbocycles. The van der Waals surface area contributed by atoms with Gasteiger partial charge in [-0.3, -0.25) is 0 Å². The van der Waals surface area contributed by atoms with E-state index in [4.69, 9.17) is 9.26 Å². The van der Waals surface area contributed by atoms with Crippen molar-refractivity contribution in [3.05, 3.63) is 11.7 Å². The summed E-state index contributed by atoms with van der Waals surface area (Å²) in [5.41, 5.74) is 0. The SMILES string of the molecule is CCOC(c1noc(CCC(C)NC)n1)C1CC1. The third-order valence-electron chi connectivity index (χ3n) is 3.42. The minimum Gasteiger partial charge on any atom is -0.370 e. The lowest BCUT2D eigenvalue weighted by molar-refractivity contribution is 0.0384. The fourth-order valence-corrected chi connectivity index (χ4v) is 1.97. The van der Waals surface area contributed by atoms with Crippen LogP contribution in [0.5, 0.6) is 0 Å². The van der Waals surface area contributed by atoms with Crippen LogP contribution in [0.1, 0.15) is 50.9 Å². The second-order valence-corrected chi connectivity index (χ2v) is 4.99. The number of hydrogen-bond acceptors (Lipinski definition) is 5. The molecule has 1 aromatic heterocycles. The van der Waals surface area contributed by atoms with Crippen LogP contribution in [0.2, 0.25) is 0 Å². The highest BCUT2D eigenvalue weighted by Crippen LogP contribution is 2.42. The van der Waals surface area contributed by atoms with Crippen molar-refractivity contribution in [2.75, 3.05) is 13.7 Å². The van der Waals surface area contributed by atoms with Crippen molar-refractivity contribution in [3.63, 3.8) is 0 Å². The predicted octanol–water partition coefficient (Wildman–Crippen LogP) is 2.10. The van der Waals surface area contributed by atoms with Crippen molar-refractivity contribution in [3.8, 4) is 0 Å². The fraction of sp³-hybridized carbons (Fsp3) is 0.846. The Bertz CT molecular complexity index is 363. The molecule has 1 aromatic rings. The van der Waals surface area contributed by atoms with Gasteiger partial charge < -0.3 is 14.6 Å². The minimum atomic E-state index is 0.0363. The summed E-state index contributed by atoms with van der Waals surface area (Å²) in [7, 11) is 1.96. The molecule has 2 unspecified atom stereocenters. The number of rotatable bonds is 8. The first-order valence-electron chi connectivity index (χ1n) is 6.86. The summed E-state index contributed by atoms with van der Waals surface area (Å²) in [4.78, 5) is 4.47. The summed E-state index contributed by atoms with van der Waals surface area (Å²) >= 11 is 0. The molecule has 5 nitrogen and oxygen atoms in total. The zero-order chi connectivity index (χ0) is 13.0. The Hall–Kier alpha value is -0.940. The first kappa shape index (κ1) is 13.5. The fourth-order valence-electron chi connectivity index (χ4n) is 1.97. The summed E-state index contributed by atoms with van der Waals surface area (Å²) < 4.78 is 11.0. The number of hydrogen-bond donors (Lipinski definition) is 1. The number of ether oxygens (including phenoxy) is 1. The lowest BCUT2D eigenvalue weighted by Crippen LogP contribution is -2.21. The van der Waals surface area contributed by atoms with Gasteiger partial charge in [-0.1, -0.05) is 5.16 Å². The van der Waals surface area contributed by atoms with Crippen LogP contribution >= 0.6 is 0 Å². The van der Waals surface area contributed by atoms with E-state index in [0.717, 1.165) is 24.6 Å². The summed E-state index contributed by atoms with van der Waals surface area (Å²) in [6, 6.07) is 0.464. The van der Waals surface area contributed by atoms with Gasteiger partial charge in [-0.2, -0.15) is 4.98 Å². The molecule has 2 rings (SSSR count). The zero-order valence-electron chi connectivity index (χ0n) is 11.5. The molecule has 1 N–H and O–H groups in total. The maximum absolute atomic E-state index is 5.71. The highest BCUT2D eigenvalue weighted by Gasteiger charge is 2.36. The largest absolute Gasteiger partial charge is 0.370 e. The maximum atomic E-state index is 5.71. The molecule has 0 radical (unpaired) electrons. The van der Waals surface area contributed by atoms with Gasteiger partial charge in [-0.15, -0.1) is 0 Å². The quantitative estimate of drug-likeness (QED) is 0.768. The Morgan fingerprint density at radius 3 is 2.89 bits per heavy atom. The summed E-state index contributed by atoms with van der Waals surface area (Å²) in [6.45, 7) is 4.84. The average molecular weight is 253 g/mol. The van der Waals surface area contributed by atoms with Crippen LogP contribution in [-0.2, 0) is 11.2 Å². The van der Waals surface area contributed by atoms with E-state index in [2.05, 4.69) is 22.4 Å². The number of nitrogens with one attached hydrogen (secondary N) is 1. The molecule has 0 spiro atoms. The van der Waals surface area contributed by atoms with Crippen molar-refractivity contribution >= 4 is 0 Å². The molecular weight excluding hydrogens is 230 g/mol. The molecule has 0 amide bonds. The smallest absolute Gasteiger partial charge is 0.226 e. The molecule has 1 aliphatic rings. The van der Waals surface area contributed by atoms with E-state index in [9.17, 15) is 0 Å². The average Bonchev–Trinajstić information content (AvgIpc) is 3.11. The lowest BCUT2D eigenvalue weighted by atomic mass is 10.2. The Balaban J connectivity index is 1.91. The van der Waals surface area contributed by atoms with E-state index >= 15 is 0 Å². The topological polar surface area (TPSA) is 60.2 Å². The third-order valence-corrected chi connectivity index (χ3v) is 3.42. The first-order chi connectivity index (χ1) is 8.74. The molecule has 0 aliphatic heterocycles. The second kappa shape index (κ2) is 6.29. The number of nitrogens with zero attached hydrogens (tertiary/aromatic N) is 2. The Morgan fingerprint density at radius 2 is 2.28 bits per heavy atom. The Morgan fingerprint density at radius 1 is 1.50 bits per heavy atom. The number of aryl methyl sites for hydroxylation is 1. The summed E-state index contributed by atoms with van der Waals surface area (Å²) in [5.74, 6) is 2.04. The van der Waals surface area contributed by atoms with Crippen LogP contribution in [-0.4, -0.2) is 29.8 Å². The molecule has 5 heteroatoms. The van der Waals surface area contributed by atoms with E-state index in [-0.39, 0.29) is 6.10 Å². The van der Waals surface area contributed by atoms with Crippen molar-refractivity contribution in [1.29, 1.82) is 0 Å². The van der Waals surface area contributed by atoms with E-state index in [1.807, 2.05) is 14.0 Å². The molecule has 102 valence electrons. The maximum Gasteiger partial charge on any atom is 0.226 e. The van der Waals surface area contributed by atoms with Gasteiger partial charge in [-0.25, -0.2) is 0 Å². The van der Waals surface area contributed by atoms with Crippen molar-refractivity contribution in [2.45, 2.75) is 51.7 Å². The van der Waals surface area contributed by atoms with Gasteiger partial charge in [0.15, 0.2) is 0 Å². The van der Waals surface area contributed by atoms with E-state index in [1.165, 1.54) is 12.8 Å². The Labute approximate surface area is 108 Å². The predicted molar refractivity (Wildman–Crippen MR) is 68.2 cm³/mol. The zero-order valence-corrected chi connectivity index (χ0v) is 11.5. The summed E-state index contributed by atoms with van der Waals surface area (Å²) in [5, 5.41) is 7.27. The van der Waals surface area contributed by atoms with Crippen molar-refractivity contribution in [1.82, 2.24) is 15.5 Å². The van der Waals surface area contributed by atoms with Crippen LogP contribution < -0.4 is 5.32 Å². The molecular formula is C13H23N3O2. The van der Waals surface area contributed by atoms with Crippen LogP contribution in [0.3, 0.4) is 0 Å². The van der Waals surface area contributed by atoms with Gasteiger partial charge in [0.05, 0.1) is 0 Å². The van der Waals surface area contributed by atoms with Crippen molar-refractivity contribution in [2.24, 2.45) is 5.92 Å². The van der Waals surface area contributed by atoms with Crippen LogP contribution in [0.4, 0.5) is 0 Å². The van der Waals surface area contributed by atoms with Crippen LogP contribution in [0.25, 0.3) is 0 Å². The second-order valence-electron chi connectivity index (χ2n) is 4.99. The number of aromatic nitrogens is 2. The van der Waals surface area contributed by atoms with Crippen molar-refractivity contribution < 1.29 is 9.26 Å². The normalized spacial score (nSPS) is 18.8. The minimum absolute atomic E-state index is 0.0363. The van der Waals surface area contributed by atoms with Gasteiger partial charge in [0.25, 0.3) is 0 Å². The van der Waals surface area contributed by atoms with E-state index < -0.39 is 0 Å². The highest BCUT2D eigenvalue weighted by molar-refractivity contribution is 4.98. The third kappa shape index (κ3) is 3.53. The molecule has 1 saturated carbocycles.